The summed E-state index contributed by atoms with van der Waals surface area (Å²) in [5.41, 5.74) is 2.75. The van der Waals surface area contributed by atoms with Crippen molar-refractivity contribution in [1.29, 1.82) is 0 Å². The molecule has 0 saturated carbocycles. The number of rotatable bonds is 4. The molecule has 100 valence electrons. The highest BCUT2D eigenvalue weighted by Gasteiger charge is 2.15. The van der Waals surface area contributed by atoms with E-state index in [-0.39, 0.29) is 11.8 Å². The first-order chi connectivity index (χ1) is 9.06. The summed E-state index contributed by atoms with van der Waals surface area (Å²) in [6, 6.07) is 5.62. The number of carbonyl (C=O) groups is 1. The molecule has 5 heteroatoms. The van der Waals surface area contributed by atoms with Gasteiger partial charge in [-0.05, 0) is 32.0 Å². The van der Waals surface area contributed by atoms with Gasteiger partial charge in [0.2, 0.25) is 5.91 Å². The molecule has 0 aromatic carbocycles. The van der Waals surface area contributed by atoms with E-state index in [0.717, 1.165) is 11.4 Å². The normalized spacial score (nSPS) is 12.2. The zero-order valence-electron chi connectivity index (χ0n) is 11.4. The van der Waals surface area contributed by atoms with Crippen molar-refractivity contribution in [3.05, 3.63) is 42.0 Å². The Labute approximate surface area is 112 Å². The van der Waals surface area contributed by atoms with Crippen LogP contribution < -0.4 is 5.32 Å². The molecular formula is C14H18N4O. The van der Waals surface area contributed by atoms with Crippen LogP contribution in [-0.2, 0) is 11.3 Å². The first-order valence-electron chi connectivity index (χ1n) is 6.28. The van der Waals surface area contributed by atoms with Crippen LogP contribution in [0.5, 0.6) is 0 Å². The zero-order valence-corrected chi connectivity index (χ0v) is 11.4. The van der Waals surface area contributed by atoms with Gasteiger partial charge >= 0.3 is 0 Å². The molecule has 1 amide bonds. The Balaban J connectivity index is 1.98. The highest BCUT2D eigenvalue weighted by Crippen LogP contribution is 2.10. The van der Waals surface area contributed by atoms with Gasteiger partial charge in [-0.3, -0.25) is 14.5 Å². The van der Waals surface area contributed by atoms with Crippen LogP contribution in [0.1, 0.15) is 18.3 Å². The van der Waals surface area contributed by atoms with E-state index in [0.29, 0.717) is 12.2 Å². The summed E-state index contributed by atoms with van der Waals surface area (Å²) >= 11 is 0. The summed E-state index contributed by atoms with van der Waals surface area (Å²) in [6.45, 7) is 6.41. The molecule has 2 heterocycles. The van der Waals surface area contributed by atoms with Crippen LogP contribution in [0.2, 0.25) is 0 Å². The van der Waals surface area contributed by atoms with E-state index in [4.69, 9.17) is 0 Å². The minimum absolute atomic E-state index is 0.0273. The summed E-state index contributed by atoms with van der Waals surface area (Å²) in [4.78, 5) is 16.0. The fourth-order valence-electron chi connectivity index (χ4n) is 1.90. The third kappa shape index (κ3) is 3.40. The predicted octanol–water partition coefficient (Wildman–Crippen LogP) is 2.17. The largest absolute Gasteiger partial charge is 0.324 e. The fraction of sp³-hybridized carbons (Fsp3) is 0.357. The van der Waals surface area contributed by atoms with Gasteiger partial charge in [-0.25, -0.2) is 0 Å². The first-order valence-corrected chi connectivity index (χ1v) is 6.28. The molecule has 0 saturated heterocycles. The second kappa shape index (κ2) is 5.65. The Morgan fingerprint density at radius 3 is 2.84 bits per heavy atom. The van der Waals surface area contributed by atoms with Crippen molar-refractivity contribution in [2.24, 2.45) is 5.92 Å². The molecule has 1 atom stereocenters. The Hall–Kier alpha value is -2.17. The van der Waals surface area contributed by atoms with Crippen LogP contribution in [0.15, 0.2) is 30.6 Å². The maximum atomic E-state index is 12.1. The fourth-order valence-corrected chi connectivity index (χ4v) is 1.90. The second-order valence-corrected chi connectivity index (χ2v) is 4.74. The molecule has 0 bridgehead atoms. The lowest BCUT2D eigenvalue weighted by molar-refractivity contribution is -0.119. The van der Waals surface area contributed by atoms with Crippen molar-refractivity contribution < 1.29 is 4.79 Å². The van der Waals surface area contributed by atoms with E-state index in [1.807, 2.05) is 37.6 Å². The Morgan fingerprint density at radius 1 is 1.47 bits per heavy atom. The van der Waals surface area contributed by atoms with Crippen molar-refractivity contribution in [3.63, 3.8) is 0 Å². The lowest BCUT2D eigenvalue weighted by Crippen LogP contribution is -2.25. The minimum atomic E-state index is -0.154. The number of aromatic nitrogens is 3. The van der Waals surface area contributed by atoms with Gasteiger partial charge in [0.25, 0.3) is 0 Å². The summed E-state index contributed by atoms with van der Waals surface area (Å²) in [5.74, 6) is -0.182. The average molecular weight is 258 g/mol. The Bertz CT molecular complexity index is 562. The average Bonchev–Trinajstić information content (AvgIpc) is 2.69. The molecule has 2 aromatic heterocycles. The topological polar surface area (TPSA) is 59.8 Å². The van der Waals surface area contributed by atoms with Crippen LogP contribution >= 0.6 is 0 Å². The maximum Gasteiger partial charge on any atom is 0.229 e. The summed E-state index contributed by atoms with van der Waals surface area (Å²) in [6.07, 6.45) is 3.31. The summed E-state index contributed by atoms with van der Waals surface area (Å²) in [5, 5.41) is 7.21. The molecule has 5 nitrogen and oxygen atoms in total. The molecule has 0 aliphatic rings. The van der Waals surface area contributed by atoms with Gasteiger partial charge in [-0.1, -0.05) is 6.92 Å². The first kappa shape index (κ1) is 13.3. The molecule has 0 aliphatic carbocycles. The number of pyridine rings is 1. The highest BCUT2D eigenvalue weighted by molar-refractivity contribution is 5.92. The van der Waals surface area contributed by atoms with Gasteiger partial charge in [0.15, 0.2) is 0 Å². The minimum Gasteiger partial charge on any atom is -0.324 e. The third-order valence-electron chi connectivity index (χ3n) is 2.93. The van der Waals surface area contributed by atoms with Crippen LogP contribution in [-0.4, -0.2) is 20.7 Å². The third-order valence-corrected chi connectivity index (χ3v) is 2.93. The molecule has 0 spiro atoms. The van der Waals surface area contributed by atoms with Gasteiger partial charge in [0.1, 0.15) is 0 Å². The van der Waals surface area contributed by atoms with Gasteiger partial charge in [-0.2, -0.15) is 5.10 Å². The van der Waals surface area contributed by atoms with E-state index in [1.165, 1.54) is 0 Å². The Morgan fingerprint density at radius 2 is 2.26 bits per heavy atom. The lowest BCUT2D eigenvalue weighted by Gasteiger charge is -2.13. The molecule has 0 unspecified atom stereocenters. The van der Waals surface area contributed by atoms with Crippen molar-refractivity contribution >= 4 is 11.6 Å². The summed E-state index contributed by atoms with van der Waals surface area (Å²) < 4.78 is 1.86. The monoisotopic (exact) mass is 258 g/mol. The van der Waals surface area contributed by atoms with Crippen molar-refractivity contribution in [2.45, 2.75) is 27.3 Å². The number of hydrogen-bond donors (Lipinski definition) is 1. The number of anilines is 1. The van der Waals surface area contributed by atoms with Crippen LogP contribution in [0.4, 0.5) is 5.69 Å². The van der Waals surface area contributed by atoms with Crippen LogP contribution in [0.25, 0.3) is 0 Å². The lowest BCUT2D eigenvalue weighted by atomic mass is 10.1. The van der Waals surface area contributed by atoms with Gasteiger partial charge in [-0.15, -0.1) is 0 Å². The Kier molecular flexibility index (Phi) is 3.94. The molecule has 1 N–H and O–H groups in total. The second-order valence-electron chi connectivity index (χ2n) is 4.74. The molecule has 2 rings (SSSR count). The standard InChI is InChI=1S/C14H18N4O/c1-10(9-18-12(3)7-11(2)17-18)14(19)16-13-5-4-6-15-8-13/h4-8,10H,9H2,1-3H3,(H,16,19)/t10-/m0/s1. The van der Waals surface area contributed by atoms with Crippen molar-refractivity contribution in [2.75, 3.05) is 5.32 Å². The predicted molar refractivity (Wildman–Crippen MR) is 73.7 cm³/mol. The molecule has 2 aromatic rings. The van der Waals surface area contributed by atoms with E-state index in [2.05, 4.69) is 15.4 Å². The van der Waals surface area contributed by atoms with E-state index in [9.17, 15) is 4.79 Å². The number of nitrogens with zero attached hydrogens (tertiary/aromatic N) is 3. The molecule has 0 aliphatic heterocycles. The van der Waals surface area contributed by atoms with Crippen LogP contribution in [0.3, 0.4) is 0 Å². The SMILES string of the molecule is Cc1cc(C)n(C[C@H](C)C(=O)Nc2cccnc2)n1. The van der Waals surface area contributed by atoms with Gasteiger partial charge < -0.3 is 5.32 Å². The smallest absolute Gasteiger partial charge is 0.229 e. The van der Waals surface area contributed by atoms with E-state index < -0.39 is 0 Å². The van der Waals surface area contributed by atoms with Gasteiger partial charge in [0, 0.05) is 11.9 Å². The summed E-state index contributed by atoms with van der Waals surface area (Å²) in [7, 11) is 0. The number of carbonyl (C=O) groups excluding carboxylic acids is 1. The van der Waals surface area contributed by atoms with E-state index >= 15 is 0 Å². The number of hydrogen-bond acceptors (Lipinski definition) is 3. The van der Waals surface area contributed by atoms with Crippen molar-refractivity contribution in [3.8, 4) is 0 Å². The molecular weight excluding hydrogens is 240 g/mol. The molecule has 0 radical (unpaired) electrons. The quantitative estimate of drug-likeness (QED) is 0.914. The number of aryl methyl sites for hydroxylation is 2. The van der Waals surface area contributed by atoms with Gasteiger partial charge in [0.05, 0.1) is 30.0 Å². The van der Waals surface area contributed by atoms with E-state index in [1.54, 1.807) is 18.5 Å². The number of amides is 1. The molecule has 19 heavy (non-hydrogen) atoms. The highest BCUT2D eigenvalue weighted by atomic mass is 16.1. The number of nitrogens with one attached hydrogen (secondary N) is 1. The zero-order chi connectivity index (χ0) is 13.8. The maximum absolute atomic E-state index is 12.1. The van der Waals surface area contributed by atoms with Crippen LogP contribution in [0, 0.1) is 19.8 Å². The van der Waals surface area contributed by atoms with Crippen molar-refractivity contribution in [1.82, 2.24) is 14.8 Å². The molecule has 0 fully saturated rings.